The summed E-state index contributed by atoms with van der Waals surface area (Å²) in [6.07, 6.45) is 0.707. The van der Waals surface area contributed by atoms with Crippen molar-refractivity contribution in [1.82, 2.24) is 0 Å². The van der Waals surface area contributed by atoms with Crippen LogP contribution < -0.4 is 4.74 Å². The molecule has 1 aromatic carbocycles. The van der Waals surface area contributed by atoms with E-state index in [1.807, 2.05) is 13.0 Å². The predicted molar refractivity (Wildman–Crippen MR) is 73.8 cm³/mol. The van der Waals surface area contributed by atoms with Gasteiger partial charge in [0.15, 0.2) is 5.76 Å². The SMILES string of the molecule is CCc1ccc(C(=O)C(C#N)c2ccccc2OC)o1. The topological polar surface area (TPSA) is 63.2 Å². The first-order valence-electron chi connectivity index (χ1n) is 6.36. The standard InChI is InChI=1S/C16H15NO3/c1-3-11-8-9-15(20-11)16(18)13(10-17)12-6-4-5-7-14(12)19-2/h4-9,13H,3H2,1-2H3. The van der Waals surface area contributed by atoms with Crippen molar-refractivity contribution >= 4 is 5.78 Å². The Morgan fingerprint density at radius 3 is 2.70 bits per heavy atom. The quantitative estimate of drug-likeness (QED) is 0.781. The number of hydrogen-bond acceptors (Lipinski definition) is 4. The molecule has 0 saturated carbocycles. The highest BCUT2D eigenvalue weighted by Crippen LogP contribution is 2.29. The minimum atomic E-state index is -0.929. The minimum absolute atomic E-state index is 0.208. The molecule has 1 unspecified atom stereocenters. The van der Waals surface area contributed by atoms with E-state index >= 15 is 0 Å². The van der Waals surface area contributed by atoms with Crippen LogP contribution in [0.15, 0.2) is 40.8 Å². The molecule has 0 aliphatic carbocycles. The molecule has 4 heteroatoms. The van der Waals surface area contributed by atoms with E-state index in [2.05, 4.69) is 0 Å². The van der Waals surface area contributed by atoms with Gasteiger partial charge in [-0.1, -0.05) is 25.1 Å². The Hall–Kier alpha value is -2.54. The number of furan rings is 1. The average Bonchev–Trinajstić information content (AvgIpc) is 2.97. The molecule has 0 N–H and O–H groups in total. The van der Waals surface area contributed by atoms with Crippen LogP contribution >= 0.6 is 0 Å². The number of methoxy groups -OCH3 is 1. The van der Waals surface area contributed by atoms with Crippen LogP contribution in [-0.2, 0) is 6.42 Å². The highest BCUT2D eigenvalue weighted by molar-refractivity contribution is 6.01. The van der Waals surface area contributed by atoms with Gasteiger partial charge in [-0.25, -0.2) is 0 Å². The highest BCUT2D eigenvalue weighted by atomic mass is 16.5. The summed E-state index contributed by atoms with van der Waals surface area (Å²) in [6.45, 7) is 1.94. The summed E-state index contributed by atoms with van der Waals surface area (Å²) < 4.78 is 10.6. The fourth-order valence-corrected chi connectivity index (χ4v) is 2.02. The second kappa shape index (κ2) is 6.07. The monoisotopic (exact) mass is 269 g/mol. The number of ketones is 1. The number of benzene rings is 1. The van der Waals surface area contributed by atoms with Gasteiger partial charge in [-0.3, -0.25) is 4.79 Å². The Balaban J connectivity index is 2.37. The Bertz CT molecular complexity index is 652. The van der Waals surface area contributed by atoms with Gasteiger partial charge in [-0.2, -0.15) is 5.26 Å². The molecule has 0 spiro atoms. The van der Waals surface area contributed by atoms with Crippen LogP contribution in [-0.4, -0.2) is 12.9 Å². The molecule has 1 aromatic heterocycles. The third kappa shape index (κ3) is 2.57. The zero-order chi connectivity index (χ0) is 14.5. The smallest absolute Gasteiger partial charge is 0.219 e. The van der Waals surface area contributed by atoms with Crippen molar-refractivity contribution < 1.29 is 13.9 Å². The molecule has 1 heterocycles. The van der Waals surface area contributed by atoms with E-state index < -0.39 is 5.92 Å². The lowest BCUT2D eigenvalue weighted by Gasteiger charge is -2.11. The summed E-state index contributed by atoms with van der Waals surface area (Å²) >= 11 is 0. The normalized spacial score (nSPS) is 11.7. The fourth-order valence-electron chi connectivity index (χ4n) is 2.02. The van der Waals surface area contributed by atoms with Crippen LogP contribution in [0.2, 0.25) is 0 Å². The molecule has 0 aliphatic heterocycles. The van der Waals surface area contributed by atoms with Gasteiger partial charge in [0, 0.05) is 12.0 Å². The van der Waals surface area contributed by atoms with Crippen LogP contribution in [0.1, 0.15) is 34.7 Å². The molecule has 0 aliphatic rings. The number of carbonyl (C=O) groups is 1. The van der Waals surface area contributed by atoms with Crippen molar-refractivity contribution in [3.8, 4) is 11.8 Å². The van der Waals surface area contributed by atoms with Crippen LogP contribution in [0.4, 0.5) is 0 Å². The van der Waals surface area contributed by atoms with Crippen molar-refractivity contribution in [2.75, 3.05) is 7.11 Å². The molecular formula is C16H15NO3. The van der Waals surface area contributed by atoms with Gasteiger partial charge in [-0.05, 0) is 18.2 Å². The van der Waals surface area contributed by atoms with E-state index in [0.29, 0.717) is 17.7 Å². The van der Waals surface area contributed by atoms with Crippen LogP contribution in [0.25, 0.3) is 0 Å². The Morgan fingerprint density at radius 2 is 2.10 bits per heavy atom. The van der Waals surface area contributed by atoms with Gasteiger partial charge in [-0.15, -0.1) is 0 Å². The second-order valence-electron chi connectivity index (χ2n) is 4.29. The van der Waals surface area contributed by atoms with Gasteiger partial charge in [0.1, 0.15) is 17.4 Å². The molecule has 20 heavy (non-hydrogen) atoms. The molecule has 2 aromatic rings. The largest absolute Gasteiger partial charge is 0.496 e. The predicted octanol–water partition coefficient (Wildman–Crippen LogP) is 3.34. The lowest BCUT2D eigenvalue weighted by molar-refractivity contribution is 0.0949. The molecule has 4 nitrogen and oxygen atoms in total. The number of rotatable bonds is 5. The summed E-state index contributed by atoms with van der Waals surface area (Å²) in [6, 6.07) is 12.4. The van der Waals surface area contributed by atoms with E-state index in [0.717, 1.165) is 5.76 Å². The molecule has 0 fully saturated rings. The number of Topliss-reactive ketones (excluding diaryl/α,β-unsaturated/α-hetero) is 1. The summed E-state index contributed by atoms with van der Waals surface area (Å²) in [5, 5.41) is 9.33. The zero-order valence-corrected chi connectivity index (χ0v) is 11.4. The van der Waals surface area contributed by atoms with Crippen molar-refractivity contribution in [2.45, 2.75) is 19.3 Å². The number of nitrogens with zero attached hydrogens (tertiary/aromatic N) is 1. The third-order valence-corrected chi connectivity index (χ3v) is 3.09. The number of ether oxygens (including phenoxy) is 1. The summed E-state index contributed by atoms with van der Waals surface area (Å²) in [5.41, 5.74) is 0.553. The van der Waals surface area contributed by atoms with Crippen LogP contribution in [0.3, 0.4) is 0 Å². The highest BCUT2D eigenvalue weighted by Gasteiger charge is 2.27. The number of hydrogen-bond donors (Lipinski definition) is 0. The molecule has 0 bridgehead atoms. The van der Waals surface area contributed by atoms with E-state index in [9.17, 15) is 10.1 Å². The number of aryl methyl sites for hydroxylation is 1. The number of nitriles is 1. The molecule has 0 saturated heterocycles. The van der Waals surface area contributed by atoms with Crippen molar-refractivity contribution in [2.24, 2.45) is 0 Å². The Morgan fingerprint density at radius 1 is 1.35 bits per heavy atom. The molecule has 1 atom stereocenters. The van der Waals surface area contributed by atoms with Gasteiger partial charge in [0.25, 0.3) is 0 Å². The minimum Gasteiger partial charge on any atom is -0.496 e. The van der Waals surface area contributed by atoms with E-state index in [-0.39, 0.29) is 11.5 Å². The lowest BCUT2D eigenvalue weighted by atomic mass is 9.94. The lowest BCUT2D eigenvalue weighted by Crippen LogP contribution is -2.11. The maximum Gasteiger partial charge on any atom is 0.219 e. The van der Waals surface area contributed by atoms with E-state index in [1.54, 1.807) is 36.4 Å². The molecule has 102 valence electrons. The van der Waals surface area contributed by atoms with Crippen LogP contribution in [0.5, 0.6) is 5.75 Å². The first-order valence-corrected chi connectivity index (χ1v) is 6.36. The Kier molecular flexibility index (Phi) is 4.21. The van der Waals surface area contributed by atoms with Gasteiger partial charge in [0.2, 0.25) is 5.78 Å². The van der Waals surface area contributed by atoms with Crippen molar-refractivity contribution in [1.29, 1.82) is 5.26 Å². The summed E-state index contributed by atoms with van der Waals surface area (Å²) in [4.78, 5) is 12.4. The summed E-state index contributed by atoms with van der Waals surface area (Å²) in [5.74, 6) is 0.178. The first kappa shape index (κ1) is 13.9. The fraction of sp³-hybridized carbons (Fsp3) is 0.250. The van der Waals surface area contributed by atoms with Crippen molar-refractivity contribution in [3.05, 3.63) is 53.5 Å². The Labute approximate surface area is 117 Å². The first-order chi connectivity index (χ1) is 9.71. The van der Waals surface area contributed by atoms with Gasteiger partial charge >= 0.3 is 0 Å². The van der Waals surface area contributed by atoms with Crippen molar-refractivity contribution in [3.63, 3.8) is 0 Å². The van der Waals surface area contributed by atoms with Gasteiger partial charge in [0.05, 0.1) is 13.2 Å². The molecule has 0 radical (unpaired) electrons. The molecule has 2 rings (SSSR count). The maximum atomic E-state index is 12.4. The zero-order valence-electron chi connectivity index (χ0n) is 11.4. The van der Waals surface area contributed by atoms with Crippen LogP contribution in [0, 0.1) is 11.3 Å². The number of carbonyl (C=O) groups excluding carboxylic acids is 1. The van der Waals surface area contributed by atoms with Gasteiger partial charge < -0.3 is 9.15 Å². The molecule has 0 amide bonds. The molecular weight excluding hydrogens is 254 g/mol. The second-order valence-corrected chi connectivity index (χ2v) is 4.29. The van der Waals surface area contributed by atoms with E-state index in [1.165, 1.54) is 7.11 Å². The van der Waals surface area contributed by atoms with E-state index in [4.69, 9.17) is 9.15 Å². The summed E-state index contributed by atoms with van der Waals surface area (Å²) in [7, 11) is 1.51. The maximum absolute atomic E-state index is 12.4. The number of para-hydroxylation sites is 1. The average molecular weight is 269 g/mol. The third-order valence-electron chi connectivity index (χ3n) is 3.09.